The van der Waals surface area contributed by atoms with Gasteiger partial charge in [0.05, 0.1) is 25.1 Å². The average Bonchev–Trinajstić information content (AvgIpc) is 3.16. The van der Waals surface area contributed by atoms with Gasteiger partial charge in [0.15, 0.2) is 5.76 Å². The maximum atomic E-state index is 13.0. The molecule has 7 heteroatoms. The van der Waals surface area contributed by atoms with Gasteiger partial charge in [-0.05, 0) is 37.3 Å². The van der Waals surface area contributed by atoms with E-state index in [4.69, 9.17) is 9.15 Å². The monoisotopic (exact) mass is 386 g/mol. The van der Waals surface area contributed by atoms with Crippen LogP contribution in [0.3, 0.4) is 0 Å². The molecule has 5 nitrogen and oxygen atoms in total. The zero-order chi connectivity index (χ0) is 19.2. The Bertz CT molecular complexity index is 912. The van der Waals surface area contributed by atoms with Crippen molar-refractivity contribution in [1.82, 2.24) is 10.3 Å². The van der Waals surface area contributed by atoms with Gasteiger partial charge >= 0.3 is 0 Å². The van der Waals surface area contributed by atoms with E-state index in [0.717, 1.165) is 16.9 Å². The summed E-state index contributed by atoms with van der Waals surface area (Å²) in [7, 11) is 1.60. The molecule has 0 bridgehead atoms. The van der Waals surface area contributed by atoms with Crippen molar-refractivity contribution in [2.24, 2.45) is 0 Å². The number of rotatable bonds is 7. The molecule has 1 heterocycles. The molecule has 2 aromatic carbocycles. The average molecular weight is 386 g/mol. The zero-order valence-electron chi connectivity index (χ0n) is 14.9. The number of ether oxygens (including phenoxy) is 1. The molecule has 1 unspecified atom stereocenters. The summed E-state index contributed by atoms with van der Waals surface area (Å²) in [5, 5.41) is 3.32. The summed E-state index contributed by atoms with van der Waals surface area (Å²) in [4.78, 5) is 16.4. The summed E-state index contributed by atoms with van der Waals surface area (Å²) < 4.78 is 23.9. The molecular weight excluding hydrogens is 367 g/mol. The highest BCUT2D eigenvalue weighted by Gasteiger charge is 2.15. The minimum absolute atomic E-state index is 0.139. The van der Waals surface area contributed by atoms with E-state index in [-0.39, 0.29) is 23.5 Å². The number of nitrogens with one attached hydrogen (secondary N) is 1. The fourth-order valence-electron chi connectivity index (χ4n) is 2.58. The number of methoxy groups -OCH3 is 1. The number of thioether (sulfide) groups is 1. The third kappa shape index (κ3) is 4.89. The lowest BCUT2D eigenvalue weighted by Crippen LogP contribution is -2.28. The van der Waals surface area contributed by atoms with Crippen LogP contribution in [0.2, 0.25) is 0 Å². The fraction of sp³-hybridized carbons (Fsp3) is 0.200. The van der Waals surface area contributed by atoms with E-state index in [1.54, 1.807) is 25.4 Å². The van der Waals surface area contributed by atoms with Crippen LogP contribution in [0.25, 0.3) is 11.3 Å². The summed E-state index contributed by atoms with van der Waals surface area (Å²) in [6, 6.07) is 13.3. The van der Waals surface area contributed by atoms with E-state index in [9.17, 15) is 9.18 Å². The Morgan fingerprint density at radius 1 is 1.26 bits per heavy atom. The Kier molecular flexibility index (Phi) is 6.13. The van der Waals surface area contributed by atoms with Crippen LogP contribution >= 0.6 is 11.8 Å². The van der Waals surface area contributed by atoms with Crippen molar-refractivity contribution in [3.8, 4) is 17.1 Å². The topological polar surface area (TPSA) is 64.4 Å². The molecule has 0 aliphatic carbocycles. The summed E-state index contributed by atoms with van der Waals surface area (Å²) in [5.74, 6) is 0.978. The second-order valence-electron chi connectivity index (χ2n) is 5.82. The highest BCUT2D eigenvalue weighted by atomic mass is 32.2. The SMILES string of the molecule is COc1ccccc1C(C)NC(=O)CSc1ncc(-c2ccc(F)cc2)o1. The minimum Gasteiger partial charge on any atom is -0.496 e. The molecule has 0 spiro atoms. The molecule has 0 radical (unpaired) electrons. The maximum Gasteiger partial charge on any atom is 0.256 e. The second kappa shape index (κ2) is 8.73. The van der Waals surface area contributed by atoms with E-state index >= 15 is 0 Å². The van der Waals surface area contributed by atoms with E-state index < -0.39 is 0 Å². The molecule has 3 aromatic rings. The van der Waals surface area contributed by atoms with Gasteiger partial charge in [-0.2, -0.15) is 0 Å². The molecule has 1 aromatic heterocycles. The second-order valence-corrected chi connectivity index (χ2v) is 6.74. The molecule has 0 aliphatic rings. The van der Waals surface area contributed by atoms with Crippen LogP contribution in [0.15, 0.2) is 64.4 Å². The number of carbonyl (C=O) groups excluding carboxylic acids is 1. The van der Waals surface area contributed by atoms with Crippen molar-refractivity contribution in [3.63, 3.8) is 0 Å². The van der Waals surface area contributed by atoms with Crippen LogP contribution in [0.5, 0.6) is 5.75 Å². The number of aromatic nitrogens is 1. The van der Waals surface area contributed by atoms with Gasteiger partial charge in [-0.15, -0.1) is 0 Å². The summed E-state index contributed by atoms with van der Waals surface area (Å²) in [5.41, 5.74) is 1.64. The zero-order valence-corrected chi connectivity index (χ0v) is 15.8. The lowest BCUT2D eigenvalue weighted by Gasteiger charge is -2.16. The van der Waals surface area contributed by atoms with Crippen molar-refractivity contribution in [1.29, 1.82) is 0 Å². The lowest BCUT2D eigenvalue weighted by atomic mass is 10.1. The third-order valence-electron chi connectivity index (χ3n) is 3.92. The molecule has 1 atom stereocenters. The number of carbonyl (C=O) groups is 1. The minimum atomic E-state index is -0.311. The number of benzene rings is 2. The number of oxazole rings is 1. The van der Waals surface area contributed by atoms with Crippen LogP contribution in [0.1, 0.15) is 18.5 Å². The number of hydrogen-bond donors (Lipinski definition) is 1. The first-order chi connectivity index (χ1) is 13.1. The van der Waals surface area contributed by atoms with E-state index in [1.165, 1.54) is 23.9 Å². The molecule has 0 saturated heterocycles. The lowest BCUT2D eigenvalue weighted by molar-refractivity contribution is -0.119. The predicted octanol–water partition coefficient (Wildman–Crippen LogP) is 4.46. The van der Waals surface area contributed by atoms with Gasteiger partial charge in [0.2, 0.25) is 5.91 Å². The maximum absolute atomic E-state index is 13.0. The number of hydrogen-bond acceptors (Lipinski definition) is 5. The molecule has 1 N–H and O–H groups in total. The summed E-state index contributed by atoms with van der Waals surface area (Å²) >= 11 is 1.20. The first-order valence-corrected chi connectivity index (χ1v) is 9.32. The third-order valence-corrected chi connectivity index (χ3v) is 4.77. The van der Waals surface area contributed by atoms with Gasteiger partial charge < -0.3 is 14.5 Å². The van der Waals surface area contributed by atoms with Crippen molar-refractivity contribution in [2.75, 3.05) is 12.9 Å². The quantitative estimate of drug-likeness (QED) is 0.608. The van der Waals surface area contributed by atoms with Gasteiger partial charge in [0.25, 0.3) is 5.22 Å². The molecule has 3 rings (SSSR count). The first-order valence-electron chi connectivity index (χ1n) is 8.33. The van der Waals surface area contributed by atoms with Crippen LogP contribution in [-0.4, -0.2) is 23.8 Å². The Morgan fingerprint density at radius 3 is 2.74 bits per heavy atom. The van der Waals surface area contributed by atoms with Gasteiger partial charge in [0, 0.05) is 11.1 Å². The summed E-state index contributed by atoms with van der Waals surface area (Å²) in [6.07, 6.45) is 1.56. The number of halogens is 1. The highest BCUT2D eigenvalue weighted by Crippen LogP contribution is 2.27. The van der Waals surface area contributed by atoms with Gasteiger partial charge in [-0.25, -0.2) is 9.37 Å². The molecule has 27 heavy (non-hydrogen) atoms. The van der Waals surface area contributed by atoms with Crippen molar-refractivity contribution in [2.45, 2.75) is 18.2 Å². The van der Waals surface area contributed by atoms with Crippen molar-refractivity contribution in [3.05, 3.63) is 66.1 Å². The molecule has 140 valence electrons. The van der Waals surface area contributed by atoms with Gasteiger partial charge in [0.1, 0.15) is 11.6 Å². The van der Waals surface area contributed by atoms with Crippen LogP contribution in [0.4, 0.5) is 4.39 Å². The largest absolute Gasteiger partial charge is 0.496 e. The standard InChI is InChI=1S/C20H19FN2O3S/c1-13(16-5-3-4-6-17(16)25-2)23-19(24)12-27-20-22-11-18(26-20)14-7-9-15(21)10-8-14/h3-11,13H,12H2,1-2H3,(H,23,24). The van der Waals surface area contributed by atoms with Gasteiger partial charge in [-0.1, -0.05) is 30.0 Å². The van der Waals surface area contributed by atoms with Crippen LogP contribution < -0.4 is 10.1 Å². The fourth-order valence-corrected chi connectivity index (χ4v) is 3.20. The Labute approximate surface area is 160 Å². The van der Waals surface area contributed by atoms with Crippen molar-refractivity contribution < 1.29 is 18.3 Å². The molecule has 1 amide bonds. The predicted molar refractivity (Wildman–Crippen MR) is 102 cm³/mol. The van der Waals surface area contributed by atoms with Crippen LogP contribution in [0, 0.1) is 5.82 Å². The molecule has 0 saturated carbocycles. The molecular formula is C20H19FN2O3S. The van der Waals surface area contributed by atoms with E-state index in [1.807, 2.05) is 31.2 Å². The molecule has 0 fully saturated rings. The van der Waals surface area contributed by atoms with Gasteiger partial charge in [-0.3, -0.25) is 4.79 Å². The number of amides is 1. The van der Waals surface area contributed by atoms with E-state index in [2.05, 4.69) is 10.3 Å². The molecule has 0 aliphatic heterocycles. The normalized spacial score (nSPS) is 11.8. The smallest absolute Gasteiger partial charge is 0.256 e. The van der Waals surface area contributed by atoms with Crippen molar-refractivity contribution >= 4 is 17.7 Å². The number of para-hydroxylation sites is 1. The highest BCUT2D eigenvalue weighted by molar-refractivity contribution is 7.99. The first kappa shape index (κ1) is 19.0. The van der Waals surface area contributed by atoms with Crippen LogP contribution in [-0.2, 0) is 4.79 Å². The Hall–Kier alpha value is -2.80. The Balaban J connectivity index is 1.56. The van der Waals surface area contributed by atoms with E-state index in [0.29, 0.717) is 11.0 Å². The summed E-state index contributed by atoms with van der Waals surface area (Å²) in [6.45, 7) is 1.90. The Morgan fingerprint density at radius 2 is 2.00 bits per heavy atom. The number of nitrogens with zero attached hydrogens (tertiary/aromatic N) is 1.